The van der Waals surface area contributed by atoms with Gasteiger partial charge in [-0.15, -0.1) is 0 Å². The van der Waals surface area contributed by atoms with Crippen molar-refractivity contribution in [1.29, 1.82) is 5.26 Å². The third-order valence-corrected chi connectivity index (χ3v) is 3.06. The summed E-state index contributed by atoms with van der Waals surface area (Å²) < 4.78 is 10.8. The Bertz CT molecular complexity index is 660. The predicted molar refractivity (Wildman–Crippen MR) is 77.6 cm³/mol. The second-order valence-electron chi connectivity index (χ2n) is 4.42. The van der Waals surface area contributed by atoms with Crippen LogP contribution in [-0.4, -0.2) is 7.11 Å². The van der Waals surface area contributed by atoms with Gasteiger partial charge in [-0.05, 0) is 36.2 Å². The number of hydrogen-bond donors (Lipinski definition) is 1. The third kappa shape index (κ3) is 2.83. The lowest BCUT2D eigenvalue weighted by atomic mass is 10.1. The van der Waals surface area contributed by atoms with Gasteiger partial charge in [0.2, 0.25) is 0 Å². The zero-order valence-electron chi connectivity index (χ0n) is 11.5. The summed E-state index contributed by atoms with van der Waals surface area (Å²) in [5.41, 5.74) is 8.96. The maximum absolute atomic E-state index is 9.05. The van der Waals surface area contributed by atoms with E-state index in [-0.39, 0.29) is 0 Å². The highest BCUT2D eigenvalue weighted by Crippen LogP contribution is 2.26. The molecule has 0 aromatic heterocycles. The second-order valence-corrected chi connectivity index (χ2v) is 4.42. The van der Waals surface area contributed by atoms with Crippen LogP contribution in [0.1, 0.15) is 16.7 Å². The van der Waals surface area contributed by atoms with Gasteiger partial charge in [-0.1, -0.05) is 18.2 Å². The van der Waals surface area contributed by atoms with Crippen LogP contribution in [0.15, 0.2) is 36.4 Å². The molecular weight excluding hydrogens is 252 g/mol. The molecule has 0 amide bonds. The van der Waals surface area contributed by atoms with E-state index in [4.69, 9.17) is 20.5 Å². The molecule has 4 nitrogen and oxygen atoms in total. The van der Waals surface area contributed by atoms with Crippen LogP contribution in [-0.2, 0) is 6.61 Å². The molecule has 0 saturated carbocycles. The lowest BCUT2D eigenvalue weighted by Crippen LogP contribution is -2.00. The Morgan fingerprint density at radius 2 is 2.00 bits per heavy atom. The molecule has 0 spiro atoms. The fraction of sp³-hybridized carbons (Fsp3) is 0.188. The Hall–Kier alpha value is -2.67. The number of benzene rings is 2. The summed E-state index contributed by atoms with van der Waals surface area (Å²) in [7, 11) is 1.54. The van der Waals surface area contributed by atoms with Crippen LogP contribution >= 0.6 is 0 Å². The molecule has 0 aliphatic carbocycles. The van der Waals surface area contributed by atoms with Crippen molar-refractivity contribution in [2.75, 3.05) is 12.8 Å². The lowest BCUT2D eigenvalue weighted by molar-refractivity contribution is 0.307. The molecule has 20 heavy (non-hydrogen) atoms. The van der Waals surface area contributed by atoms with E-state index in [1.165, 1.54) is 0 Å². The number of hydrogen-bond acceptors (Lipinski definition) is 4. The van der Waals surface area contributed by atoms with Crippen molar-refractivity contribution < 1.29 is 9.47 Å². The quantitative estimate of drug-likeness (QED) is 0.865. The largest absolute Gasteiger partial charge is 0.495 e. The maximum Gasteiger partial charge on any atom is 0.142 e. The van der Waals surface area contributed by atoms with Crippen molar-refractivity contribution >= 4 is 5.69 Å². The molecule has 0 fully saturated rings. The Morgan fingerprint density at radius 1 is 1.20 bits per heavy atom. The van der Waals surface area contributed by atoms with Gasteiger partial charge < -0.3 is 15.2 Å². The van der Waals surface area contributed by atoms with Gasteiger partial charge in [-0.2, -0.15) is 5.26 Å². The van der Waals surface area contributed by atoms with E-state index >= 15 is 0 Å². The highest BCUT2D eigenvalue weighted by Gasteiger charge is 2.06. The van der Waals surface area contributed by atoms with Crippen LogP contribution in [0.25, 0.3) is 0 Å². The van der Waals surface area contributed by atoms with Crippen molar-refractivity contribution in [2.45, 2.75) is 13.5 Å². The zero-order chi connectivity index (χ0) is 14.5. The average Bonchev–Trinajstić information content (AvgIpc) is 2.48. The first kappa shape index (κ1) is 13.8. The number of para-hydroxylation sites is 1. The highest BCUT2D eigenvalue weighted by molar-refractivity contribution is 5.57. The number of nitriles is 1. The van der Waals surface area contributed by atoms with E-state index in [1.54, 1.807) is 19.2 Å². The Morgan fingerprint density at radius 3 is 2.70 bits per heavy atom. The zero-order valence-corrected chi connectivity index (χ0v) is 11.5. The Kier molecular flexibility index (Phi) is 4.11. The van der Waals surface area contributed by atoms with Gasteiger partial charge in [0.25, 0.3) is 0 Å². The molecule has 0 aliphatic heterocycles. The van der Waals surface area contributed by atoms with Gasteiger partial charge in [-0.25, -0.2) is 0 Å². The third-order valence-electron chi connectivity index (χ3n) is 3.06. The number of nitrogen functional groups attached to an aromatic ring is 1. The number of rotatable bonds is 4. The first-order chi connectivity index (χ1) is 9.65. The molecular formula is C16H16N2O2. The summed E-state index contributed by atoms with van der Waals surface area (Å²) in [6.07, 6.45) is 0. The number of anilines is 1. The summed E-state index contributed by atoms with van der Waals surface area (Å²) in [5, 5.41) is 9.05. The number of nitrogens with two attached hydrogens (primary N) is 1. The summed E-state index contributed by atoms with van der Waals surface area (Å²) in [5.74, 6) is 1.21. The molecule has 2 rings (SSSR count). The number of methoxy groups -OCH3 is 1. The molecule has 2 aromatic rings. The van der Waals surface area contributed by atoms with Gasteiger partial charge >= 0.3 is 0 Å². The molecule has 0 unspecified atom stereocenters. The lowest BCUT2D eigenvalue weighted by Gasteiger charge is -2.11. The molecule has 0 aliphatic rings. The summed E-state index contributed by atoms with van der Waals surface area (Å²) in [6, 6.07) is 13.1. The van der Waals surface area contributed by atoms with Gasteiger partial charge in [0.1, 0.15) is 24.2 Å². The first-order valence-corrected chi connectivity index (χ1v) is 6.20. The number of aryl methyl sites for hydroxylation is 1. The van der Waals surface area contributed by atoms with Crippen molar-refractivity contribution in [3.05, 3.63) is 53.1 Å². The topological polar surface area (TPSA) is 68.3 Å². The van der Waals surface area contributed by atoms with Crippen LogP contribution in [0.4, 0.5) is 5.69 Å². The molecule has 2 N–H and O–H groups in total. The van der Waals surface area contributed by atoms with E-state index in [0.29, 0.717) is 29.4 Å². The molecule has 0 radical (unpaired) electrons. The minimum atomic E-state index is 0.353. The van der Waals surface area contributed by atoms with Crippen molar-refractivity contribution in [3.63, 3.8) is 0 Å². The van der Waals surface area contributed by atoms with E-state index in [0.717, 1.165) is 11.1 Å². The SMILES string of the molecule is COc1ccc(COc2cccc(C)c2N)cc1C#N. The maximum atomic E-state index is 9.05. The summed E-state index contributed by atoms with van der Waals surface area (Å²) >= 11 is 0. The van der Waals surface area contributed by atoms with Crippen LogP contribution < -0.4 is 15.2 Å². The van der Waals surface area contributed by atoms with Crippen LogP contribution in [0, 0.1) is 18.3 Å². The van der Waals surface area contributed by atoms with Gasteiger partial charge in [0.05, 0.1) is 18.4 Å². The van der Waals surface area contributed by atoms with Crippen molar-refractivity contribution in [1.82, 2.24) is 0 Å². The van der Waals surface area contributed by atoms with Crippen LogP contribution in [0.3, 0.4) is 0 Å². The minimum absolute atomic E-state index is 0.353. The van der Waals surface area contributed by atoms with E-state index in [2.05, 4.69) is 6.07 Å². The van der Waals surface area contributed by atoms with Crippen molar-refractivity contribution in [3.8, 4) is 17.6 Å². The van der Waals surface area contributed by atoms with E-state index in [9.17, 15) is 0 Å². The molecule has 0 heterocycles. The van der Waals surface area contributed by atoms with Gasteiger partial charge in [0, 0.05) is 0 Å². The molecule has 4 heteroatoms. The monoisotopic (exact) mass is 268 g/mol. The highest BCUT2D eigenvalue weighted by atomic mass is 16.5. The Balaban J connectivity index is 2.15. The van der Waals surface area contributed by atoms with E-state index in [1.807, 2.05) is 31.2 Å². The smallest absolute Gasteiger partial charge is 0.142 e. The molecule has 102 valence electrons. The predicted octanol–water partition coefficient (Wildman–Crippen LogP) is 3.04. The van der Waals surface area contributed by atoms with Gasteiger partial charge in [0.15, 0.2) is 0 Å². The molecule has 2 aromatic carbocycles. The Labute approximate surface area is 118 Å². The molecule has 0 bridgehead atoms. The molecule has 0 saturated heterocycles. The van der Waals surface area contributed by atoms with Crippen molar-refractivity contribution in [2.24, 2.45) is 0 Å². The number of ether oxygens (including phenoxy) is 2. The van der Waals surface area contributed by atoms with E-state index < -0.39 is 0 Å². The molecule has 0 atom stereocenters. The standard InChI is InChI=1S/C16H16N2O2/c1-11-4-3-5-15(16(11)18)20-10-12-6-7-14(19-2)13(8-12)9-17/h3-8H,10,18H2,1-2H3. The fourth-order valence-electron chi connectivity index (χ4n) is 1.87. The van der Waals surface area contributed by atoms with Crippen LogP contribution in [0.5, 0.6) is 11.5 Å². The number of nitrogens with zero attached hydrogens (tertiary/aromatic N) is 1. The average molecular weight is 268 g/mol. The normalized spacial score (nSPS) is 9.85. The summed E-state index contributed by atoms with van der Waals surface area (Å²) in [4.78, 5) is 0. The fourth-order valence-corrected chi connectivity index (χ4v) is 1.87. The van der Waals surface area contributed by atoms with Crippen LogP contribution in [0.2, 0.25) is 0 Å². The second kappa shape index (κ2) is 5.98. The minimum Gasteiger partial charge on any atom is -0.495 e. The van der Waals surface area contributed by atoms with Gasteiger partial charge in [-0.3, -0.25) is 0 Å². The summed E-state index contributed by atoms with van der Waals surface area (Å²) in [6.45, 7) is 2.29. The first-order valence-electron chi connectivity index (χ1n) is 6.20.